The molecule has 2 saturated heterocycles. The van der Waals surface area contributed by atoms with Crippen molar-refractivity contribution in [2.24, 2.45) is 68.0 Å². The van der Waals surface area contributed by atoms with Crippen LogP contribution in [0.1, 0.15) is 151 Å². The van der Waals surface area contributed by atoms with E-state index >= 15 is 0 Å². The summed E-state index contributed by atoms with van der Waals surface area (Å²) in [5.41, 5.74) is 3.60. The van der Waals surface area contributed by atoms with Gasteiger partial charge in [0.15, 0.2) is 6.29 Å². The van der Waals surface area contributed by atoms with E-state index < -0.39 is 83.9 Å². The highest BCUT2D eigenvalue weighted by Crippen LogP contribution is 2.65. The topological polar surface area (TPSA) is 300 Å². The Morgan fingerprint density at radius 2 is 0.988 bits per heavy atom. The third-order valence-electron chi connectivity index (χ3n) is 23.7. The molecule has 4 aliphatic heterocycles. The first-order chi connectivity index (χ1) is 39.6. The summed E-state index contributed by atoms with van der Waals surface area (Å²) in [4.78, 5) is 35.4. The number of carbonyl (C=O) groups excluding carboxylic acids is 3. The lowest BCUT2D eigenvalue weighted by Gasteiger charge is -2.60. The fourth-order valence-electron chi connectivity index (χ4n) is 18.3. The van der Waals surface area contributed by atoms with Gasteiger partial charge in [0.25, 0.3) is 0 Å². The first-order valence-electron chi connectivity index (χ1n) is 31.1. The van der Waals surface area contributed by atoms with Crippen molar-refractivity contribution in [2.75, 3.05) is 46.2 Å². The number of aliphatic hydroxyl groups is 10. The van der Waals surface area contributed by atoms with E-state index in [-0.39, 0.29) is 84.2 Å². The highest BCUT2D eigenvalue weighted by Gasteiger charge is 2.61. The molecule has 18 heteroatoms. The van der Waals surface area contributed by atoms with E-state index in [2.05, 4.69) is 40.5 Å². The number of aliphatic hydroxyl groups excluding tert-OH is 10. The van der Waals surface area contributed by atoms with Crippen LogP contribution in [0.3, 0.4) is 0 Å². The number of carbonyl (C=O) groups is 3. The molecule has 0 aromatic rings. The Hall–Kier alpha value is -3.63. The van der Waals surface area contributed by atoms with Crippen LogP contribution in [0.25, 0.3) is 0 Å². The van der Waals surface area contributed by atoms with Gasteiger partial charge < -0.3 is 74.7 Å². The predicted octanol–water partition coefficient (Wildman–Crippen LogP) is 5.77. The zero-order valence-electron chi connectivity index (χ0n) is 50.7. The van der Waals surface area contributed by atoms with E-state index in [1.807, 2.05) is 39.0 Å². The third kappa shape index (κ3) is 12.3. The summed E-state index contributed by atoms with van der Waals surface area (Å²) in [6.45, 7) is 26.1. The molecule has 6 aliphatic carbocycles. The number of ether oxygens (including phenoxy) is 5. The molecule has 21 atom stereocenters. The van der Waals surface area contributed by atoms with Crippen LogP contribution in [-0.4, -0.2) is 170 Å². The maximum Gasteiger partial charge on any atom is 0.336 e. The fourth-order valence-corrected chi connectivity index (χ4v) is 18.3. The van der Waals surface area contributed by atoms with E-state index in [4.69, 9.17) is 23.7 Å². The van der Waals surface area contributed by atoms with Crippen molar-refractivity contribution >= 4 is 17.9 Å². The number of esters is 3. The summed E-state index contributed by atoms with van der Waals surface area (Å²) in [6, 6.07) is 0. The Morgan fingerprint density at radius 1 is 0.560 bits per heavy atom. The molecule has 0 radical (unpaired) electrons. The second-order valence-electron chi connectivity index (χ2n) is 28.2. The van der Waals surface area contributed by atoms with Gasteiger partial charge in [-0.3, -0.25) is 0 Å². The van der Waals surface area contributed by atoms with Gasteiger partial charge in [0, 0.05) is 27.4 Å². The monoisotopic (exact) mass is 1180 g/mol. The molecule has 0 spiro atoms. The lowest BCUT2D eigenvalue weighted by molar-refractivity contribution is -0.313. The minimum Gasteiger partial charge on any atom is -0.459 e. The maximum absolute atomic E-state index is 11.9. The van der Waals surface area contributed by atoms with Crippen LogP contribution < -0.4 is 0 Å². The molecule has 10 N–H and O–H groups in total. The number of hydrogen-bond acceptors (Lipinski definition) is 18. The number of fused-ring (bicyclic) bond motifs is 3. The Balaban J connectivity index is 0.000000168. The average Bonchev–Trinajstić information content (AvgIpc) is 2.57. The van der Waals surface area contributed by atoms with Gasteiger partial charge in [-0.2, -0.15) is 0 Å². The van der Waals surface area contributed by atoms with Crippen LogP contribution in [0.15, 0.2) is 71.4 Å². The smallest absolute Gasteiger partial charge is 0.336 e. The first kappa shape index (κ1) is 66.3. The minimum atomic E-state index is -1.51. The standard InChI is InChI=1S/C26H40O9.C20H30O5.C20H30O4/c1-14-4-7-18-25(2,16(14)6-5-15-9-11-33-23(15)32)10-8-19(28)26(18,3)13-34-24-22(31)21(30)20(29)17(12-27)35-24;1-12-4-7-16-19(2,9-8-17(23)20(16,3)11-21)14(12)6-5-13-15(22)10-25-18(13)24;1-13-4-7-16-19(2,10-8-17(22)20(16,3)12-21)15(13)6-5-14-9-11-24-18(14)23/h9,16-22,24,27-31H,1,4-8,10-13H2,2-3H3;5,14-17,21-23H,1,4,6-11H2,2-3H3;9,15-17,21-22H,1,4-8,10-12H2,2-3H3/b;13-5+;/t16-,17-,18+,19-,20-,21+,22-,24-,25+,26+;14-,15-,16+,17-,19+,20+;15-,16+,17-,19+,20+/m111/s1. The van der Waals surface area contributed by atoms with E-state index in [0.29, 0.717) is 56.0 Å². The van der Waals surface area contributed by atoms with Gasteiger partial charge in [0.2, 0.25) is 0 Å². The van der Waals surface area contributed by atoms with Crippen molar-refractivity contribution in [3.63, 3.8) is 0 Å². The van der Waals surface area contributed by atoms with Gasteiger partial charge in [0.05, 0.1) is 50.3 Å². The Morgan fingerprint density at radius 3 is 1.39 bits per heavy atom. The zero-order chi connectivity index (χ0) is 61.5. The third-order valence-corrected chi connectivity index (χ3v) is 23.7. The van der Waals surface area contributed by atoms with Gasteiger partial charge in [-0.25, -0.2) is 14.4 Å². The van der Waals surface area contributed by atoms with E-state index in [0.717, 1.165) is 94.6 Å². The molecule has 18 nitrogen and oxygen atoms in total. The van der Waals surface area contributed by atoms with Gasteiger partial charge >= 0.3 is 17.9 Å². The Bertz CT molecular complexity index is 2540. The molecule has 0 aromatic carbocycles. The number of allylic oxidation sites excluding steroid dienone is 4. The molecule has 472 valence electrons. The second-order valence-corrected chi connectivity index (χ2v) is 28.2. The van der Waals surface area contributed by atoms with Crippen LogP contribution >= 0.6 is 0 Å². The lowest BCUT2D eigenvalue weighted by Crippen LogP contribution is -2.61. The van der Waals surface area contributed by atoms with Crippen molar-refractivity contribution in [3.05, 3.63) is 71.4 Å². The average molecular weight is 1180 g/mol. The Kier molecular flexibility index (Phi) is 20.7. The number of cyclic esters (lactones) is 3. The molecule has 0 bridgehead atoms. The van der Waals surface area contributed by atoms with E-state index in [9.17, 15) is 65.4 Å². The molecule has 4 heterocycles. The zero-order valence-corrected chi connectivity index (χ0v) is 50.7. The van der Waals surface area contributed by atoms with Crippen LogP contribution in [0.5, 0.6) is 0 Å². The fraction of sp³-hybridized carbons (Fsp3) is 0.773. The van der Waals surface area contributed by atoms with Crippen molar-refractivity contribution < 1.29 is 89.1 Å². The molecule has 8 fully saturated rings. The van der Waals surface area contributed by atoms with Crippen molar-refractivity contribution in [2.45, 2.75) is 206 Å². The summed E-state index contributed by atoms with van der Waals surface area (Å²) in [5.74, 6) is 0.360. The van der Waals surface area contributed by atoms with E-state index in [1.54, 1.807) is 0 Å². The summed E-state index contributed by atoms with van der Waals surface area (Å²) in [6.07, 6.45) is 10.00. The number of rotatable bonds is 14. The van der Waals surface area contributed by atoms with Crippen molar-refractivity contribution in [1.29, 1.82) is 0 Å². The van der Waals surface area contributed by atoms with Crippen LogP contribution in [-0.2, 0) is 38.1 Å². The molecular weight excluding hydrogens is 1080 g/mol. The molecule has 0 amide bonds. The lowest BCUT2D eigenvalue weighted by atomic mass is 9.46. The van der Waals surface area contributed by atoms with Crippen molar-refractivity contribution in [3.8, 4) is 0 Å². The second kappa shape index (κ2) is 26.2. The molecule has 6 saturated carbocycles. The highest BCUT2D eigenvalue weighted by atomic mass is 16.7. The summed E-state index contributed by atoms with van der Waals surface area (Å²) >= 11 is 0. The summed E-state index contributed by atoms with van der Waals surface area (Å²) in [7, 11) is 0. The SMILES string of the molecule is C=C1CC[C@@H]2[C@](C)(CO)[C@H](O)CC[C@@]2(C)[C@@H]1C/C=C1/C(=O)OC[C@H]1O.C=C1CC[C@@H]2[C@](C)(CO)[C@H](O)CC[C@@]2(C)[C@@H]1CCC1=CCOC1=O.C=C1CC[C@@H]2[C@](C)(CO[C@@H]3O[C@H](CO)[C@@H](O)[C@H](O)[C@H]3O)[C@H](O)CC[C@@]2(C)[C@@H]1CCC1=CCOC1=O. The summed E-state index contributed by atoms with van der Waals surface area (Å²) < 4.78 is 26.4. The predicted molar refractivity (Wildman–Crippen MR) is 311 cm³/mol. The van der Waals surface area contributed by atoms with Crippen LogP contribution in [0, 0.1) is 68.0 Å². The Labute approximate surface area is 496 Å². The molecule has 84 heavy (non-hydrogen) atoms. The molecule has 10 aliphatic rings. The van der Waals surface area contributed by atoms with Crippen LogP contribution in [0.4, 0.5) is 0 Å². The van der Waals surface area contributed by atoms with Gasteiger partial charge in [-0.15, -0.1) is 0 Å². The molecule has 0 unspecified atom stereocenters. The maximum atomic E-state index is 11.9. The number of hydrogen-bond donors (Lipinski definition) is 10. The quantitative estimate of drug-likeness (QED) is 0.0427. The normalized spacial score (nSPS) is 45.1. The van der Waals surface area contributed by atoms with Crippen LogP contribution in [0.2, 0.25) is 0 Å². The minimum absolute atomic E-state index is 0.0189. The largest absolute Gasteiger partial charge is 0.459 e. The van der Waals surface area contributed by atoms with Gasteiger partial charge in [-0.05, 0) is 173 Å². The first-order valence-corrected chi connectivity index (χ1v) is 31.1. The molecule has 0 aromatic heterocycles. The molecular formula is C66H100O18. The van der Waals surface area contributed by atoms with Crippen molar-refractivity contribution in [1.82, 2.24) is 0 Å². The summed E-state index contributed by atoms with van der Waals surface area (Å²) in [5, 5.41) is 102. The highest BCUT2D eigenvalue weighted by molar-refractivity contribution is 5.92. The van der Waals surface area contributed by atoms with E-state index in [1.165, 1.54) is 11.1 Å². The molecule has 10 rings (SSSR count). The van der Waals surface area contributed by atoms with Gasteiger partial charge in [-0.1, -0.05) is 84.1 Å². The van der Waals surface area contributed by atoms with Gasteiger partial charge in [0.1, 0.15) is 50.3 Å².